The van der Waals surface area contributed by atoms with Gasteiger partial charge in [-0.25, -0.2) is 0 Å². The van der Waals surface area contributed by atoms with Gasteiger partial charge in [-0.1, -0.05) is 35.9 Å². The van der Waals surface area contributed by atoms with Gasteiger partial charge in [0, 0.05) is 27.7 Å². The molecule has 0 spiro atoms. The molecule has 1 aromatic carbocycles. The molecule has 3 nitrogen and oxygen atoms in total. The molecule has 0 aliphatic heterocycles. The molecule has 6 heteroatoms. The van der Waals surface area contributed by atoms with Crippen LogP contribution in [0, 0.1) is 0 Å². The summed E-state index contributed by atoms with van der Waals surface area (Å²) in [5, 5.41) is 2.56. The average molecular weight is 342 g/mol. The van der Waals surface area contributed by atoms with Gasteiger partial charge in [0.1, 0.15) is 5.75 Å². The van der Waals surface area contributed by atoms with Crippen LogP contribution < -0.4 is 0 Å². The van der Waals surface area contributed by atoms with Crippen LogP contribution in [0.2, 0.25) is 5.02 Å². The minimum atomic E-state index is -1.25. The Hall–Kier alpha value is -1.17. The number of nitrogens with zero attached hydrogens (tertiary/aromatic N) is 1. The van der Waals surface area contributed by atoms with Crippen molar-refractivity contribution in [1.29, 1.82) is 0 Å². The Bertz CT molecular complexity index is 628. The molecule has 0 N–H and O–H groups in total. The van der Waals surface area contributed by atoms with E-state index in [1.54, 1.807) is 29.4 Å². The van der Waals surface area contributed by atoms with Gasteiger partial charge in [0.25, 0.3) is 0 Å². The topological polar surface area (TPSA) is 37.4 Å². The lowest BCUT2D eigenvalue weighted by atomic mass is 10.2. The number of halogens is 1. The van der Waals surface area contributed by atoms with Gasteiger partial charge < -0.3 is 4.90 Å². The van der Waals surface area contributed by atoms with E-state index in [1.807, 2.05) is 35.7 Å². The first-order valence-corrected chi connectivity index (χ1v) is 9.15. The Balaban J connectivity index is 1.87. The van der Waals surface area contributed by atoms with Crippen molar-refractivity contribution in [1.82, 2.24) is 4.90 Å². The lowest BCUT2D eigenvalue weighted by molar-refractivity contribution is -0.127. The van der Waals surface area contributed by atoms with Gasteiger partial charge in [0.2, 0.25) is 5.91 Å². The first-order chi connectivity index (χ1) is 10.1. The van der Waals surface area contributed by atoms with Gasteiger partial charge in [-0.2, -0.15) is 0 Å². The quantitative estimate of drug-likeness (QED) is 0.808. The molecule has 112 valence electrons. The third-order valence-electron chi connectivity index (χ3n) is 2.96. The van der Waals surface area contributed by atoms with E-state index in [2.05, 4.69) is 0 Å². The first-order valence-electron chi connectivity index (χ1n) is 6.41. The van der Waals surface area contributed by atoms with Crippen LogP contribution in [-0.4, -0.2) is 27.8 Å². The Morgan fingerprint density at radius 2 is 2.05 bits per heavy atom. The number of rotatable bonds is 6. The molecule has 1 aromatic heterocycles. The van der Waals surface area contributed by atoms with Gasteiger partial charge >= 0.3 is 0 Å². The summed E-state index contributed by atoms with van der Waals surface area (Å²) >= 11 is 7.64. The number of benzene rings is 1. The van der Waals surface area contributed by atoms with Crippen molar-refractivity contribution in [2.24, 2.45) is 0 Å². The van der Waals surface area contributed by atoms with E-state index in [-0.39, 0.29) is 11.7 Å². The maximum absolute atomic E-state index is 12.1. The van der Waals surface area contributed by atoms with Gasteiger partial charge in [-0.05, 0) is 23.1 Å². The number of hydrogen-bond acceptors (Lipinski definition) is 3. The van der Waals surface area contributed by atoms with Gasteiger partial charge in [0.05, 0.1) is 12.3 Å². The lowest BCUT2D eigenvalue weighted by Gasteiger charge is -2.16. The van der Waals surface area contributed by atoms with Crippen molar-refractivity contribution in [3.63, 3.8) is 0 Å². The first kappa shape index (κ1) is 16.2. The van der Waals surface area contributed by atoms with E-state index in [9.17, 15) is 9.00 Å². The van der Waals surface area contributed by atoms with Gasteiger partial charge in [-0.15, -0.1) is 11.3 Å². The smallest absolute Gasteiger partial charge is 0.235 e. The molecule has 2 rings (SSSR count). The van der Waals surface area contributed by atoms with Crippen LogP contribution in [0.3, 0.4) is 0 Å². The maximum atomic E-state index is 12.1. The fourth-order valence-electron chi connectivity index (χ4n) is 1.81. The highest BCUT2D eigenvalue weighted by atomic mass is 35.5. The Morgan fingerprint density at radius 3 is 2.71 bits per heavy atom. The summed E-state index contributed by atoms with van der Waals surface area (Å²) in [6, 6.07) is 11.2. The largest absolute Gasteiger partial charge is 0.340 e. The van der Waals surface area contributed by atoms with E-state index in [0.29, 0.717) is 17.3 Å². The van der Waals surface area contributed by atoms with Crippen molar-refractivity contribution in [2.45, 2.75) is 12.3 Å². The standard InChI is InChI=1S/C15H16ClNO2S2/c1-17(9-13-6-4-8-20-13)15(18)11-21(19)10-12-5-2-3-7-14(12)16/h2-8H,9-11H2,1H3/t21-/m0/s1. The van der Waals surface area contributed by atoms with Gasteiger partial charge in [0.15, 0.2) is 0 Å². The van der Waals surface area contributed by atoms with Crippen molar-refractivity contribution in [3.8, 4) is 0 Å². The molecule has 1 atom stereocenters. The second kappa shape index (κ2) is 7.73. The van der Waals surface area contributed by atoms with Crippen LogP contribution >= 0.6 is 22.9 Å². The van der Waals surface area contributed by atoms with E-state index >= 15 is 0 Å². The number of hydrogen-bond donors (Lipinski definition) is 0. The fourth-order valence-corrected chi connectivity index (χ4v) is 4.05. The summed E-state index contributed by atoms with van der Waals surface area (Å²) in [6.45, 7) is 0.555. The van der Waals surface area contributed by atoms with E-state index in [4.69, 9.17) is 11.6 Å². The average Bonchev–Trinajstić information content (AvgIpc) is 2.94. The zero-order valence-electron chi connectivity index (χ0n) is 11.6. The lowest BCUT2D eigenvalue weighted by Crippen LogP contribution is -2.30. The molecule has 0 aliphatic rings. The molecule has 0 radical (unpaired) electrons. The molecule has 2 aromatic rings. The van der Waals surface area contributed by atoms with Crippen LogP contribution in [0.1, 0.15) is 10.4 Å². The van der Waals surface area contributed by atoms with Gasteiger partial charge in [-0.3, -0.25) is 9.00 Å². The van der Waals surface area contributed by atoms with E-state index in [1.165, 1.54) is 0 Å². The monoisotopic (exact) mass is 341 g/mol. The summed E-state index contributed by atoms with van der Waals surface area (Å²) < 4.78 is 12.1. The normalized spacial score (nSPS) is 12.1. The van der Waals surface area contributed by atoms with Crippen LogP contribution in [0.15, 0.2) is 41.8 Å². The molecular weight excluding hydrogens is 326 g/mol. The third kappa shape index (κ3) is 4.95. The van der Waals surface area contributed by atoms with Crippen molar-refractivity contribution in [3.05, 3.63) is 57.2 Å². The number of amides is 1. The second-order valence-electron chi connectivity index (χ2n) is 4.65. The SMILES string of the molecule is CN(Cc1cccs1)C(=O)C[S@@](=O)Cc1ccccc1Cl. The summed E-state index contributed by atoms with van der Waals surface area (Å²) in [5.41, 5.74) is 0.811. The summed E-state index contributed by atoms with van der Waals surface area (Å²) in [5.74, 6) is 0.208. The summed E-state index contributed by atoms with van der Waals surface area (Å²) in [4.78, 5) is 14.8. The van der Waals surface area contributed by atoms with Crippen LogP contribution in [0.25, 0.3) is 0 Å². The fraction of sp³-hybridized carbons (Fsp3) is 0.267. The van der Waals surface area contributed by atoms with Crippen LogP contribution in [0.4, 0.5) is 0 Å². The number of carbonyl (C=O) groups is 1. The van der Waals surface area contributed by atoms with Crippen molar-refractivity contribution < 1.29 is 9.00 Å². The van der Waals surface area contributed by atoms with E-state index in [0.717, 1.165) is 10.4 Å². The zero-order valence-corrected chi connectivity index (χ0v) is 14.0. The molecule has 0 fully saturated rings. The minimum absolute atomic E-state index is 0.0209. The molecule has 0 unspecified atom stereocenters. The molecule has 0 bridgehead atoms. The third-order valence-corrected chi connectivity index (χ3v) is 5.39. The molecular formula is C15H16ClNO2S2. The summed E-state index contributed by atoms with van der Waals surface area (Å²) in [7, 11) is 0.478. The predicted molar refractivity (Wildman–Crippen MR) is 89.0 cm³/mol. The number of carbonyl (C=O) groups excluding carboxylic acids is 1. The molecule has 0 saturated carbocycles. The highest BCUT2D eigenvalue weighted by Crippen LogP contribution is 2.17. The van der Waals surface area contributed by atoms with Crippen molar-refractivity contribution >= 4 is 39.6 Å². The van der Waals surface area contributed by atoms with Crippen LogP contribution in [0.5, 0.6) is 0 Å². The van der Waals surface area contributed by atoms with Crippen LogP contribution in [-0.2, 0) is 27.9 Å². The predicted octanol–water partition coefficient (Wildman–Crippen LogP) is 3.31. The minimum Gasteiger partial charge on any atom is -0.340 e. The highest BCUT2D eigenvalue weighted by Gasteiger charge is 2.14. The Labute approximate surface area is 136 Å². The molecule has 0 saturated heterocycles. The highest BCUT2D eigenvalue weighted by molar-refractivity contribution is 7.84. The zero-order chi connectivity index (χ0) is 15.2. The molecule has 1 amide bonds. The Kier molecular flexibility index (Phi) is 5.96. The molecule has 1 heterocycles. The Morgan fingerprint density at radius 1 is 1.29 bits per heavy atom. The maximum Gasteiger partial charge on any atom is 0.235 e. The molecule has 0 aliphatic carbocycles. The summed E-state index contributed by atoms with van der Waals surface area (Å²) in [6.07, 6.45) is 0. The number of thiophene rings is 1. The van der Waals surface area contributed by atoms with E-state index < -0.39 is 10.8 Å². The second-order valence-corrected chi connectivity index (χ2v) is 7.55. The molecule has 21 heavy (non-hydrogen) atoms. The van der Waals surface area contributed by atoms with Crippen molar-refractivity contribution in [2.75, 3.05) is 12.8 Å².